The summed E-state index contributed by atoms with van der Waals surface area (Å²) in [6, 6.07) is 30.5. The normalized spacial score (nSPS) is 12.4. The summed E-state index contributed by atoms with van der Waals surface area (Å²) in [6.45, 7) is 34.1. The number of nitrogens with zero attached hydrogens (tertiary/aromatic N) is 4. The van der Waals surface area contributed by atoms with E-state index in [1.807, 2.05) is 76.3 Å². The third kappa shape index (κ3) is 12.9. The largest absolute Gasteiger partial charge is 3.00 e. The molecule has 0 aliphatic rings. The molecule has 5 aromatic rings. The fourth-order valence-corrected chi connectivity index (χ4v) is 6.18. The molecule has 0 aliphatic heterocycles. The van der Waals surface area contributed by atoms with Crippen LogP contribution in [0.25, 0.3) is 44.1 Å². The van der Waals surface area contributed by atoms with Gasteiger partial charge in [0.25, 0.3) is 0 Å². The number of benzene rings is 4. The van der Waals surface area contributed by atoms with Crippen molar-refractivity contribution in [3.8, 4) is 22.5 Å². The van der Waals surface area contributed by atoms with E-state index in [-0.39, 0.29) is 20.1 Å². The number of rotatable bonds is 10. The van der Waals surface area contributed by atoms with Crippen LogP contribution in [-0.4, -0.2) is 21.6 Å². The average Bonchev–Trinajstić information content (AvgIpc) is 3.15. The zero-order chi connectivity index (χ0) is 41.4. The maximum Gasteiger partial charge on any atom is 3.00 e. The first-order valence-corrected chi connectivity index (χ1v) is 18.0. The molecule has 292 valence electrons. The van der Waals surface area contributed by atoms with E-state index in [0.717, 1.165) is 50.0 Å². The van der Waals surface area contributed by atoms with Crippen LogP contribution in [0.4, 0.5) is 0 Å². The molecule has 0 unspecified atom stereocenters. The van der Waals surface area contributed by atoms with Gasteiger partial charge < -0.3 is 11.7 Å². The maximum atomic E-state index is 5.23. The molecule has 57 heavy (non-hydrogen) atoms. The number of allylic oxidation sites excluding steroid dienone is 12. The molecule has 1 heterocycles. The van der Waals surface area contributed by atoms with Gasteiger partial charge in [0.1, 0.15) is 0 Å². The summed E-state index contributed by atoms with van der Waals surface area (Å²) in [7, 11) is 0. The number of hydrogen-bond acceptors (Lipinski definition) is 6. The fraction of sp³-hybridized carbons (Fsp3) is 0.120. The summed E-state index contributed by atoms with van der Waals surface area (Å²) >= 11 is 0. The number of hydrogen-bond donors (Lipinski definition) is 2. The van der Waals surface area contributed by atoms with Crippen LogP contribution < -0.4 is 11.7 Å². The van der Waals surface area contributed by atoms with Crippen LogP contribution in [0.5, 0.6) is 0 Å². The van der Waals surface area contributed by atoms with Crippen LogP contribution >= 0.6 is 0 Å². The van der Waals surface area contributed by atoms with E-state index in [1.54, 1.807) is 12.2 Å². The molecular formula is C50H53IrN6. The molecule has 0 amide bonds. The van der Waals surface area contributed by atoms with Gasteiger partial charge in [-0.25, -0.2) is 10.2 Å². The zero-order valence-corrected chi connectivity index (χ0v) is 36.4. The summed E-state index contributed by atoms with van der Waals surface area (Å²) in [6.07, 6.45) is 11.2. The van der Waals surface area contributed by atoms with Crippen LogP contribution in [-0.2, 0) is 20.1 Å². The van der Waals surface area contributed by atoms with Gasteiger partial charge in [0.15, 0.2) is 0 Å². The van der Waals surface area contributed by atoms with E-state index < -0.39 is 0 Å². The van der Waals surface area contributed by atoms with Gasteiger partial charge in [-0.3, -0.25) is 0 Å². The quantitative estimate of drug-likeness (QED) is 0.0364. The van der Waals surface area contributed by atoms with E-state index in [9.17, 15) is 0 Å². The standard InChI is InChI=1S/C26H19N2.2C12H17N2.Ir/c1-17-9-8-10-18(2)24(17)26-23-16-21-14-7-6-13-20(21)15-22(23)25(27-28-26)19-11-4-3-5-12-19;2*1-6-7-10(4)8-11(5)12(14-13)9(2)3;/h3-11,13-16H,1-2H3;2*6-8H,1-3,13H2,4-5H3;/q3*-1;+3/b;2*10-7+,11-8+,14-12-;. The van der Waals surface area contributed by atoms with E-state index in [2.05, 4.69) is 130 Å². The summed E-state index contributed by atoms with van der Waals surface area (Å²) in [5, 5.41) is 21.3. The Kier molecular flexibility index (Phi) is 18.9. The van der Waals surface area contributed by atoms with E-state index in [0.29, 0.717) is 22.6 Å². The van der Waals surface area contributed by atoms with Crippen molar-refractivity contribution in [2.75, 3.05) is 0 Å². The second-order valence-corrected chi connectivity index (χ2v) is 13.3. The molecule has 6 nitrogen and oxygen atoms in total. The molecule has 0 spiro atoms. The molecule has 4 N–H and O–H groups in total. The smallest absolute Gasteiger partial charge is 0.335 e. The van der Waals surface area contributed by atoms with Gasteiger partial charge in [-0.15, -0.1) is 35.9 Å². The predicted octanol–water partition coefficient (Wildman–Crippen LogP) is 12.1. The van der Waals surface area contributed by atoms with Crippen molar-refractivity contribution in [3.63, 3.8) is 0 Å². The molecule has 1 aromatic heterocycles. The fourth-order valence-electron chi connectivity index (χ4n) is 6.18. The molecule has 0 saturated carbocycles. The van der Waals surface area contributed by atoms with Crippen LogP contribution in [0.15, 0.2) is 185 Å². The van der Waals surface area contributed by atoms with Gasteiger partial charge in [0.2, 0.25) is 0 Å². The molecule has 0 fully saturated rings. The monoisotopic (exact) mass is 930 g/mol. The van der Waals surface area contributed by atoms with Crippen molar-refractivity contribution in [3.05, 3.63) is 206 Å². The SMILES string of the molecule is C=C/C=C(C)/C=C(C)/C(=N\N)C(=C)[CH2-].C=C/C=C(C)/C=C(C)/C(=N\N)C(=C)[CH2-].Cc1cccc(C)c1-c1nnc(-c2[c-]cccc2)c2cc3ccccc3cc12.[Ir+3]. The van der Waals surface area contributed by atoms with Crippen LogP contribution in [0, 0.1) is 33.8 Å². The summed E-state index contributed by atoms with van der Waals surface area (Å²) in [4.78, 5) is 0. The second kappa shape index (κ2) is 23.0. The summed E-state index contributed by atoms with van der Waals surface area (Å²) in [5.41, 5.74) is 12.9. The van der Waals surface area contributed by atoms with Crippen molar-refractivity contribution in [2.24, 2.45) is 21.9 Å². The Bertz CT molecular complexity index is 2340. The maximum absolute atomic E-state index is 5.23. The van der Waals surface area contributed by atoms with Crippen LogP contribution in [0.1, 0.15) is 38.8 Å². The Morgan fingerprint density at radius 1 is 0.667 bits per heavy atom. The topological polar surface area (TPSA) is 103 Å². The van der Waals surface area contributed by atoms with E-state index in [4.69, 9.17) is 16.8 Å². The minimum atomic E-state index is 0. The van der Waals surface area contributed by atoms with Crippen LogP contribution in [0.3, 0.4) is 0 Å². The van der Waals surface area contributed by atoms with Gasteiger partial charge in [-0.2, -0.15) is 48.3 Å². The van der Waals surface area contributed by atoms with Gasteiger partial charge in [0.05, 0.1) is 5.69 Å². The number of fused-ring (bicyclic) bond motifs is 2. The van der Waals surface area contributed by atoms with Crippen molar-refractivity contribution in [1.82, 2.24) is 10.2 Å². The average molecular weight is 930 g/mol. The Hall–Kier alpha value is -6.27. The third-order valence-electron chi connectivity index (χ3n) is 8.65. The summed E-state index contributed by atoms with van der Waals surface area (Å²) in [5.74, 6) is 10.5. The van der Waals surface area contributed by atoms with Crippen molar-refractivity contribution in [1.29, 1.82) is 0 Å². The molecule has 7 heteroatoms. The van der Waals surface area contributed by atoms with Gasteiger partial charge in [-0.05, 0) is 86.3 Å². The second-order valence-electron chi connectivity index (χ2n) is 13.3. The van der Waals surface area contributed by atoms with Crippen molar-refractivity contribution >= 4 is 33.0 Å². The molecule has 0 saturated heterocycles. The Morgan fingerprint density at radius 2 is 1.11 bits per heavy atom. The third-order valence-corrected chi connectivity index (χ3v) is 8.65. The predicted molar refractivity (Wildman–Crippen MR) is 244 cm³/mol. The Morgan fingerprint density at radius 3 is 1.51 bits per heavy atom. The zero-order valence-electron chi connectivity index (χ0n) is 34.0. The van der Waals surface area contributed by atoms with E-state index >= 15 is 0 Å². The first kappa shape index (κ1) is 46.9. The van der Waals surface area contributed by atoms with Crippen molar-refractivity contribution in [2.45, 2.75) is 41.5 Å². The first-order valence-electron chi connectivity index (χ1n) is 18.0. The number of nitrogens with two attached hydrogens (primary N) is 2. The molecule has 0 atom stereocenters. The molecular weight excluding hydrogens is 877 g/mol. The Balaban J connectivity index is 0.000000330. The van der Waals surface area contributed by atoms with Gasteiger partial charge >= 0.3 is 20.1 Å². The molecule has 4 aromatic carbocycles. The molecule has 5 rings (SSSR count). The molecule has 0 radical (unpaired) electrons. The van der Waals surface area contributed by atoms with E-state index in [1.165, 1.54) is 27.5 Å². The number of hydrazone groups is 2. The van der Waals surface area contributed by atoms with Gasteiger partial charge in [-0.1, -0.05) is 120 Å². The molecule has 0 bridgehead atoms. The minimum absolute atomic E-state index is 0. The first-order chi connectivity index (χ1) is 26.8. The minimum Gasteiger partial charge on any atom is -0.335 e. The number of aromatic nitrogens is 2. The van der Waals surface area contributed by atoms with Gasteiger partial charge in [0, 0.05) is 16.6 Å². The summed E-state index contributed by atoms with van der Waals surface area (Å²) < 4.78 is 0. The Labute approximate surface area is 353 Å². The molecule has 0 aliphatic carbocycles. The van der Waals surface area contributed by atoms with Crippen molar-refractivity contribution < 1.29 is 20.1 Å². The van der Waals surface area contributed by atoms with Crippen LogP contribution in [0.2, 0.25) is 0 Å². The number of aryl methyl sites for hydroxylation is 2.